The Hall–Kier alpha value is -2.41. The monoisotopic (exact) mass is 435 g/mol. The summed E-state index contributed by atoms with van der Waals surface area (Å²) in [7, 11) is 0. The van der Waals surface area contributed by atoms with E-state index in [0.717, 1.165) is 43.6 Å². The second-order valence-electron chi connectivity index (χ2n) is 9.19. The van der Waals surface area contributed by atoms with Crippen molar-refractivity contribution >= 4 is 5.91 Å². The number of hydrogen-bond donors (Lipinski definition) is 2. The van der Waals surface area contributed by atoms with Crippen LogP contribution in [0.1, 0.15) is 55.7 Å². The van der Waals surface area contributed by atoms with Crippen LogP contribution in [0.5, 0.6) is 5.75 Å². The molecule has 3 aliphatic rings. The van der Waals surface area contributed by atoms with Crippen LogP contribution in [0.4, 0.5) is 0 Å². The van der Waals surface area contributed by atoms with E-state index in [9.17, 15) is 4.79 Å². The van der Waals surface area contributed by atoms with Crippen molar-refractivity contribution in [1.82, 2.24) is 15.8 Å². The highest BCUT2D eigenvalue weighted by atomic mass is 16.5. The molecule has 3 atom stereocenters. The van der Waals surface area contributed by atoms with Crippen molar-refractivity contribution < 1.29 is 14.3 Å². The summed E-state index contributed by atoms with van der Waals surface area (Å²) in [5, 5.41) is 0. The summed E-state index contributed by atoms with van der Waals surface area (Å²) in [6.07, 6.45) is 6.45. The maximum atomic E-state index is 13.6. The molecule has 32 heavy (non-hydrogen) atoms. The number of amides is 1. The van der Waals surface area contributed by atoms with E-state index in [1.807, 2.05) is 30.3 Å². The van der Waals surface area contributed by atoms with Gasteiger partial charge in [0.2, 0.25) is 5.91 Å². The van der Waals surface area contributed by atoms with Crippen LogP contribution in [-0.2, 0) is 16.1 Å². The van der Waals surface area contributed by atoms with Crippen LogP contribution >= 0.6 is 0 Å². The van der Waals surface area contributed by atoms with Crippen molar-refractivity contribution in [2.75, 3.05) is 13.2 Å². The fourth-order valence-electron chi connectivity index (χ4n) is 5.09. The molecule has 3 unspecified atom stereocenters. The zero-order chi connectivity index (χ0) is 21.8. The highest BCUT2D eigenvalue weighted by Crippen LogP contribution is 2.29. The minimum absolute atomic E-state index is 0.149. The number of ether oxygens (including phenoxy) is 2. The summed E-state index contributed by atoms with van der Waals surface area (Å²) < 4.78 is 11.4. The van der Waals surface area contributed by atoms with Crippen LogP contribution in [0.2, 0.25) is 0 Å². The van der Waals surface area contributed by atoms with Gasteiger partial charge in [0, 0.05) is 25.0 Å². The number of nitrogens with zero attached hydrogens (tertiary/aromatic N) is 1. The Morgan fingerprint density at radius 2 is 1.78 bits per heavy atom. The maximum absolute atomic E-state index is 13.6. The fraction of sp³-hybridized carbons (Fsp3) is 0.500. The lowest BCUT2D eigenvalue weighted by Gasteiger charge is -2.31. The lowest BCUT2D eigenvalue weighted by molar-refractivity contribution is -0.136. The first-order valence-corrected chi connectivity index (χ1v) is 12.0. The van der Waals surface area contributed by atoms with E-state index in [0.29, 0.717) is 19.2 Å². The standard InChI is InChI=1S/C26H33N3O3/c30-26(25-16-24(27-28-25)20-6-2-1-3-7-20)29(21-8-4-5-9-21)17-19-10-12-22(13-11-19)32-23-14-15-31-18-23/h1-3,6-7,10-13,21,23-25,27-28H,4-5,8-9,14-18H2. The third kappa shape index (κ3) is 4.98. The van der Waals surface area contributed by atoms with E-state index in [1.165, 1.54) is 18.4 Å². The van der Waals surface area contributed by atoms with Crippen LogP contribution in [-0.4, -0.2) is 42.2 Å². The fourth-order valence-corrected chi connectivity index (χ4v) is 5.09. The lowest BCUT2D eigenvalue weighted by Crippen LogP contribution is -2.48. The van der Waals surface area contributed by atoms with Crippen LogP contribution in [0.25, 0.3) is 0 Å². The first-order chi connectivity index (χ1) is 15.8. The second-order valence-corrected chi connectivity index (χ2v) is 9.19. The van der Waals surface area contributed by atoms with Crippen LogP contribution < -0.4 is 15.6 Å². The van der Waals surface area contributed by atoms with E-state index in [4.69, 9.17) is 9.47 Å². The third-order valence-electron chi connectivity index (χ3n) is 6.92. The van der Waals surface area contributed by atoms with Gasteiger partial charge in [-0.3, -0.25) is 4.79 Å². The molecule has 2 N–H and O–H groups in total. The average molecular weight is 436 g/mol. The Morgan fingerprint density at radius 3 is 2.50 bits per heavy atom. The maximum Gasteiger partial charge on any atom is 0.241 e. The van der Waals surface area contributed by atoms with E-state index < -0.39 is 0 Å². The van der Waals surface area contributed by atoms with Crippen molar-refractivity contribution in [2.24, 2.45) is 0 Å². The lowest BCUT2D eigenvalue weighted by atomic mass is 10.0. The molecule has 170 valence electrons. The zero-order valence-electron chi connectivity index (χ0n) is 18.5. The molecular weight excluding hydrogens is 402 g/mol. The highest BCUT2D eigenvalue weighted by molar-refractivity contribution is 5.82. The molecule has 6 nitrogen and oxygen atoms in total. The SMILES string of the molecule is O=C(C1CC(c2ccccc2)NN1)N(Cc1ccc(OC2CCOC2)cc1)C1CCCC1. The first kappa shape index (κ1) is 21.4. The Balaban J connectivity index is 1.25. The molecule has 2 heterocycles. The molecule has 1 amide bonds. The van der Waals surface area contributed by atoms with Crippen molar-refractivity contribution in [3.63, 3.8) is 0 Å². The Morgan fingerprint density at radius 1 is 1.00 bits per heavy atom. The zero-order valence-corrected chi connectivity index (χ0v) is 18.5. The molecule has 0 radical (unpaired) electrons. The third-order valence-corrected chi connectivity index (χ3v) is 6.92. The van der Waals surface area contributed by atoms with Crippen molar-refractivity contribution in [2.45, 2.75) is 69.3 Å². The van der Waals surface area contributed by atoms with Gasteiger partial charge in [0.05, 0.1) is 13.2 Å². The number of benzene rings is 2. The van der Waals surface area contributed by atoms with Crippen molar-refractivity contribution in [3.05, 3.63) is 65.7 Å². The van der Waals surface area contributed by atoms with Gasteiger partial charge in [-0.05, 0) is 42.5 Å². The van der Waals surface area contributed by atoms with E-state index in [2.05, 4.69) is 40.0 Å². The van der Waals surface area contributed by atoms with E-state index >= 15 is 0 Å². The predicted octanol–water partition coefficient (Wildman–Crippen LogP) is 3.73. The summed E-state index contributed by atoms with van der Waals surface area (Å²) in [5.74, 6) is 1.07. The molecule has 1 saturated carbocycles. The van der Waals surface area contributed by atoms with Crippen LogP contribution in [0.3, 0.4) is 0 Å². The average Bonchev–Trinajstić information content (AvgIpc) is 3.62. The Labute approximate surface area is 190 Å². The summed E-state index contributed by atoms with van der Waals surface area (Å²) in [4.78, 5) is 15.7. The van der Waals surface area contributed by atoms with Gasteiger partial charge in [-0.1, -0.05) is 55.3 Å². The number of carbonyl (C=O) groups excluding carboxylic acids is 1. The Kier molecular flexibility index (Phi) is 6.72. The van der Waals surface area contributed by atoms with Crippen LogP contribution in [0.15, 0.2) is 54.6 Å². The minimum atomic E-state index is -0.203. The minimum Gasteiger partial charge on any atom is -0.488 e. The van der Waals surface area contributed by atoms with Gasteiger partial charge in [0.15, 0.2) is 0 Å². The topological polar surface area (TPSA) is 62.8 Å². The quantitative estimate of drug-likeness (QED) is 0.694. The number of rotatable bonds is 7. The molecule has 5 rings (SSSR count). The van der Waals surface area contributed by atoms with E-state index in [1.54, 1.807) is 0 Å². The van der Waals surface area contributed by atoms with E-state index in [-0.39, 0.29) is 24.1 Å². The number of hydrazine groups is 1. The summed E-state index contributed by atoms with van der Waals surface area (Å²) in [6, 6.07) is 18.8. The van der Waals surface area contributed by atoms with Gasteiger partial charge >= 0.3 is 0 Å². The molecule has 0 aromatic heterocycles. The van der Waals surface area contributed by atoms with Crippen LogP contribution in [0, 0.1) is 0 Å². The molecule has 1 aliphatic carbocycles. The summed E-state index contributed by atoms with van der Waals surface area (Å²) in [6.45, 7) is 2.08. The van der Waals surface area contributed by atoms with Gasteiger partial charge in [-0.2, -0.15) is 0 Å². The Bertz CT molecular complexity index is 877. The smallest absolute Gasteiger partial charge is 0.241 e. The van der Waals surface area contributed by atoms with Crippen molar-refractivity contribution in [3.8, 4) is 5.75 Å². The van der Waals surface area contributed by atoms with Crippen molar-refractivity contribution in [1.29, 1.82) is 0 Å². The van der Waals surface area contributed by atoms with Gasteiger partial charge in [-0.15, -0.1) is 0 Å². The largest absolute Gasteiger partial charge is 0.488 e. The van der Waals surface area contributed by atoms with Gasteiger partial charge in [0.1, 0.15) is 17.9 Å². The molecule has 2 aliphatic heterocycles. The van der Waals surface area contributed by atoms with Gasteiger partial charge in [-0.25, -0.2) is 10.9 Å². The molecule has 6 heteroatoms. The van der Waals surface area contributed by atoms with Gasteiger partial charge in [0.25, 0.3) is 0 Å². The summed E-state index contributed by atoms with van der Waals surface area (Å²) in [5.41, 5.74) is 8.96. The molecule has 2 aromatic rings. The molecule has 0 bridgehead atoms. The molecule has 3 fully saturated rings. The number of hydrogen-bond acceptors (Lipinski definition) is 5. The number of carbonyl (C=O) groups is 1. The summed E-state index contributed by atoms with van der Waals surface area (Å²) >= 11 is 0. The first-order valence-electron chi connectivity index (χ1n) is 12.0. The van der Waals surface area contributed by atoms with Gasteiger partial charge < -0.3 is 14.4 Å². The molecule has 2 aromatic carbocycles. The second kappa shape index (κ2) is 10.0. The number of nitrogens with one attached hydrogen (secondary N) is 2. The highest BCUT2D eigenvalue weighted by Gasteiger charge is 2.36. The normalized spacial score (nSPS) is 25.8. The molecule has 2 saturated heterocycles. The molecular formula is C26H33N3O3. The molecule has 0 spiro atoms. The predicted molar refractivity (Wildman–Crippen MR) is 123 cm³/mol.